The van der Waals surface area contributed by atoms with Gasteiger partial charge in [-0.1, -0.05) is 17.8 Å². The van der Waals surface area contributed by atoms with Crippen molar-refractivity contribution in [2.24, 2.45) is 0 Å². The summed E-state index contributed by atoms with van der Waals surface area (Å²) in [4.78, 5) is 7.50. The van der Waals surface area contributed by atoms with Crippen molar-refractivity contribution < 1.29 is 19.3 Å². The van der Waals surface area contributed by atoms with Gasteiger partial charge in [0.15, 0.2) is 16.6 Å². The molecule has 29 heavy (non-hydrogen) atoms. The van der Waals surface area contributed by atoms with Crippen LogP contribution in [0.3, 0.4) is 0 Å². The third-order valence-corrected chi connectivity index (χ3v) is 6.19. The summed E-state index contributed by atoms with van der Waals surface area (Å²) in [6.07, 6.45) is 3.45. The minimum atomic E-state index is -0.209. The molecule has 1 N–H and O–H groups in total. The van der Waals surface area contributed by atoms with Crippen molar-refractivity contribution in [3.8, 4) is 22.3 Å². The largest absolute Gasteiger partial charge is 0.498 e. The number of benzene rings is 1. The van der Waals surface area contributed by atoms with Crippen molar-refractivity contribution in [1.82, 2.24) is 19.5 Å². The lowest BCUT2D eigenvalue weighted by Crippen LogP contribution is -2.35. The normalized spacial score (nSPS) is 16.1. The lowest BCUT2D eigenvalue weighted by molar-refractivity contribution is 0.180. The number of aromatic nitrogens is 3. The van der Waals surface area contributed by atoms with Crippen LogP contribution in [0.2, 0.25) is 0 Å². The number of rotatable bonds is 6. The number of fused-ring (bicyclic) bond motifs is 1. The summed E-state index contributed by atoms with van der Waals surface area (Å²) in [7, 11) is 4.81. The van der Waals surface area contributed by atoms with Crippen LogP contribution in [0.15, 0.2) is 12.1 Å². The van der Waals surface area contributed by atoms with Gasteiger partial charge in [0.05, 0.1) is 27.4 Å². The molecular formula is C20H26N4O4S. The summed E-state index contributed by atoms with van der Waals surface area (Å²) in [6, 6.07) is 3.69. The van der Waals surface area contributed by atoms with Crippen LogP contribution in [-0.2, 0) is 0 Å². The van der Waals surface area contributed by atoms with Gasteiger partial charge in [0.1, 0.15) is 11.5 Å². The van der Waals surface area contributed by atoms with E-state index in [1.54, 1.807) is 25.8 Å². The van der Waals surface area contributed by atoms with Gasteiger partial charge in [-0.25, -0.2) is 9.50 Å². The fourth-order valence-corrected chi connectivity index (χ4v) is 4.94. The molecule has 156 valence electrons. The molecule has 4 rings (SSSR count). The number of likely N-dealkylation sites (tertiary alicyclic amines) is 1. The zero-order chi connectivity index (χ0) is 20.5. The van der Waals surface area contributed by atoms with E-state index in [-0.39, 0.29) is 11.1 Å². The van der Waals surface area contributed by atoms with Crippen LogP contribution in [0.4, 0.5) is 0 Å². The standard InChI is InChI=1S/C20H26N4O4S/c1-12-21-20-24(22-12)17(19(25)29-20)16(23-8-6-5-7-9-23)13-10-14(26-2)18(28-4)15(11-13)27-3/h10-11,16,25H,5-9H2,1-4H3. The molecule has 0 aliphatic carbocycles. The van der Waals surface area contributed by atoms with Gasteiger partial charge in [-0.2, -0.15) is 5.10 Å². The predicted octanol–water partition coefficient (Wildman–Crippen LogP) is 3.41. The van der Waals surface area contributed by atoms with E-state index >= 15 is 0 Å². The number of aryl methyl sites for hydroxylation is 1. The number of ether oxygens (including phenoxy) is 3. The van der Waals surface area contributed by atoms with Gasteiger partial charge < -0.3 is 19.3 Å². The SMILES string of the molecule is COc1cc(C(c2c(O)sc3nc(C)nn23)N2CCCCC2)cc(OC)c1OC. The second kappa shape index (κ2) is 8.08. The first-order valence-electron chi connectivity index (χ1n) is 9.66. The molecule has 0 amide bonds. The molecule has 1 saturated heterocycles. The third kappa shape index (κ3) is 3.49. The number of nitrogens with zero attached hydrogens (tertiary/aromatic N) is 4. The van der Waals surface area contributed by atoms with E-state index < -0.39 is 0 Å². The van der Waals surface area contributed by atoms with E-state index in [1.165, 1.54) is 17.8 Å². The molecule has 8 nitrogen and oxygen atoms in total. The number of hydrogen-bond donors (Lipinski definition) is 1. The number of piperidine rings is 1. The molecule has 1 aliphatic heterocycles. The van der Waals surface area contributed by atoms with Crippen molar-refractivity contribution in [3.63, 3.8) is 0 Å². The van der Waals surface area contributed by atoms with E-state index in [9.17, 15) is 5.11 Å². The zero-order valence-corrected chi connectivity index (χ0v) is 18.0. The number of methoxy groups -OCH3 is 3. The highest BCUT2D eigenvalue weighted by molar-refractivity contribution is 7.18. The molecule has 0 spiro atoms. The molecule has 2 aromatic heterocycles. The highest BCUT2D eigenvalue weighted by Gasteiger charge is 2.32. The van der Waals surface area contributed by atoms with Gasteiger partial charge in [-0.3, -0.25) is 4.90 Å². The van der Waals surface area contributed by atoms with E-state index in [4.69, 9.17) is 14.2 Å². The quantitative estimate of drug-likeness (QED) is 0.657. The van der Waals surface area contributed by atoms with Crippen molar-refractivity contribution in [3.05, 3.63) is 29.2 Å². The molecule has 1 aliphatic rings. The molecule has 0 bridgehead atoms. The Balaban J connectivity index is 1.93. The molecule has 3 aromatic rings. The molecule has 0 saturated carbocycles. The Kier molecular flexibility index (Phi) is 5.51. The Bertz CT molecular complexity index is 984. The van der Waals surface area contributed by atoms with Gasteiger partial charge in [-0.15, -0.1) is 0 Å². The fraction of sp³-hybridized carbons (Fsp3) is 0.500. The molecule has 3 heterocycles. The van der Waals surface area contributed by atoms with Crippen LogP contribution >= 0.6 is 11.3 Å². The summed E-state index contributed by atoms with van der Waals surface area (Å²) >= 11 is 1.25. The molecule has 1 aromatic carbocycles. The van der Waals surface area contributed by atoms with E-state index in [1.807, 2.05) is 19.1 Å². The monoisotopic (exact) mass is 418 g/mol. The van der Waals surface area contributed by atoms with Crippen LogP contribution in [0.5, 0.6) is 22.3 Å². The maximum atomic E-state index is 10.8. The first-order valence-corrected chi connectivity index (χ1v) is 10.5. The Hall–Kier alpha value is -2.52. The van der Waals surface area contributed by atoms with Crippen molar-refractivity contribution >= 4 is 16.3 Å². The highest BCUT2D eigenvalue weighted by Crippen LogP contribution is 2.45. The average molecular weight is 419 g/mol. The lowest BCUT2D eigenvalue weighted by atomic mass is 9.98. The minimum Gasteiger partial charge on any atom is -0.498 e. The summed E-state index contributed by atoms with van der Waals surface area (Å²) in [5, 5.41) is 15.6. The van der Waals surface area contributed by atoms with Crippen LogP contribution in [0.1, 0.15) is 42.4 Å². The second-order valence-corrected chi connectivity index (χ2v) is 8.06. The van der Waals surface area contributed by atoms with Gasteiger partial charge in [-0.05, 0) is 50.6 Å². The van der Waals surface area contributed by atoms with Gasteiger partial charge in [0, 0.05) is 0 Å². The maximum Gasteiger partial charge on any atom is 0.215 e. The van der Waals surface area contributed by atoms with Gasteiger partial charge in [0.2, 0.25) is 10.7 Å². The van der Waals surface area contributed by atoms with E-state index in [0.717, 1.165) is 37.2 Å². The average Bonchev–Trinajstić information content (AvgIpc) is 3.23. The van der Waals surface area contributed by atoms with Crippen molar-refractivity contribution in [1.29, 1.82) is 0 Å². The second-order valence-electron chi connectivity index (χ2n) is 7.10. The molecule has 9 heteroatoms. The molecule has 1 atom stereocenters. The zero-order valence-electron chi connectivity index (χ0n) is 17.1. The summed E-state index contributed by atoms with van der Waals surface area (Å²) < 4.78 is 18.4. The first-order chi connectivity index (χ1) is 14.1. The first kappa shape index (κ1) is 19.8. The Labute approximate surface area is 173 Å². The predicted molar refractivity (Wildman–Crippen MR) is 111 cm³/mol. The summed E-state index contributed by atoms with van der Waals surface area (Å²) in [5.74, 6) is 2.40. The molecule has 1 unspecified atom stereocenters. The number of aromatic hydroxyl groups is 1. The topological polar surface area (TPSA) is 81.4 Å². The molecule has 1 fully saturated rings. The van der Waals surface area contributed by atoms with Crippen LogP contribution in [0.25, 0.3) is 4.96 Å². The van der Waals surface area contributed by atoms with Gasteiger partial charge in [0.25, 0.3) is 0 Å². The van der Waals surface area contributed by atoms with Crippen LogP contribution < -0.4 is 14.2 Å². The highest BCUT2D eigenvalue weighted by atomic mass is 32.1. The molecule has 0 radical (unpaired) electrons. The van der Waals surface area contributed by atoms with Crippen LogP contribution in [-0.4, -0.2) is 59.0 Å². The maximum absolute atomic E-state index is 10.8. The van der Waals surface area contributed by atoms with E-state index in [2.05, 4.69) is 15.0 Å². The van der Waals surface area contributed by atoms with Gasteiger partial charge >= 0.3 is 0 Å². The smallest absolute Gasteiger partial charge is 0.215 e. The van der Waals surface area contributed by atoms with E-state index in [0.29, 0.717) is 28.0 Å². The number of thiazole rings is 1. The third-order valence-electron chi connectivity index (χ3n) is 5.34. The van der Waals surface area contributed by atoms with Crippen molar-refractivity contribution in [2.75, 3.05) is 34.4 Å². The Morgan fingerprint density at radius 2 is 1.69 bits per heavy atom. The summed E-state index contributed by atoms with van der Waals surface area (Å²) in [5.41, 5.74) is 1.67. The Morgan fingerprint density at radius 1 is 1.03 bits per heavy atom. The van der Waals surface area contributed by atoms with Crippen LogP contribution in [0, 0.1) is 6.92 Å². The Morgan fingerprint density at radius 3 is 2.28 bits per heavy atom. The van der Waals surface area contributed by atoms with Crippen molar-refractivity contribution in [2.45, 2.75) is 32.2 Å². The fourth-order valence-electron chi connectivity index (χ4n) is 4.06. The summed E-state index contributed by atoms with van der Waals surface area (Å²) in [6.45, 7) is 3.73. The molecular weight excluding hydrogens is 392 g/mol. The minimum absolute atomic E-state index is 0.209. The number of hydrogen-bond acceptors (Lipinski definition) is 8. The lowest BCUT2D eigenvalue weighted by Gasteiger charge is -2.34.